The molecule has 6 nitrogen and oxygen atoms in total. The quantitative estimate of drug-likeness (QED) is 0.847. The Hall–Kier alpha value is -2.37. The van der Waals surface area contributed by atoms with E-state index in [9.17, 15) is 4.79 Å². The lowest BCUT2D eigenvalue weighted by Gasteiger charge is -2.32. The van der Waals surface area contributed by atoms with E-state index >= 15 is 0 Å². The van der Waals surface area contributed by atoms with Crippen LogP contribution in [0.1, 0.15) is 44.0 Å². The lowest BCUT2D eigenvalue weighted by Crippen LogP contribution is -2.45. The van der Waals surface area contributed by atoms with E-state index in [1.165, 1.54) is 6.42 Å². The fourth-order valence-electron chi connectivity index (χ4n) is 3.59. The largest absolute Gasteiger partial charge is 0.337 e. The van der Waals surface area contributed by atoms with E-state index in [4.69, 9.17) is 4.52 Å². The summed E-state index contributed by atoms with van der Waals surface area (Å²) in [4.78, 5) is 21.3. The highest BCUT2D eigenvalue weighted by Crippen LogP contribution is 2.33. The number of carbonyl (C=O) groups is 1. The highest BCUT2D eigenvalue weighted by atomic mass is 16.5. The maximum atomic E-state index is 12.8. The number of hydrogen-bond donors (Lipinski definition) is 0. The van der Waals surface area contributed by atoms with Crippen molar-refractivity contribution in [1.29, 1.82) is 0 Å². The maximum absolute atomic E-state index is 12.8. The molecule has 1 aromatic carbocycles. The molecule has 6 heteroatoms. The molecule has 126 valence electrons. The minimum Gasteiger partial charge on any atom is -0.337 e. The van der Waals surface area contributed by atoms with Crippen LogP contribution >= 0.6 is 0 Å². The van der Waals surface area contributed by atoms with Gasteiger partial charge in [-0.3, -0.25) is 0 Å². The lowest BCUT2D eigenvalue weighted by molar-refractivity contribution is 0.131. The Balaban J connectivity index is 1.52. The van der Waals surface area contributed by atoms with Crippen LogP contribution in [-0.4, -0.2) is 45.6 Å². The van der Waals surface area contributed by atoms with Gasteiger partial charge in [-0.05, 0) is 32.1 Å². The van der Waals surface area contributed by atoms with Crippen molar-refractivity contribution in [3.63, 3.8) is 0 Å². The van der Waals surface area contributed by atoms with Gasteiger partial charge in [0.1, 0.15) is 6.04 Å². The van der Waals surface area contributed by atoms with E-state index in [1.54, 1.807) is 0 Å². The molecule has 0 radical (unpaired) electrons. The Morgan fingerprint density at radius 3 is 2.62 bits per heavy atom. The molecule has 0 N–H and O–H groups in total. The second kappa shape index (κ2) is 6.63. The van der Waals surface area contributed by atoms with Gasteiger partial charge in [-0.1, -0.05) is 35.5 Å². The van der Waals surface area contributed by atoms with Gasteiger partial charge in [0.05, 0.1) is 0 Å². The number of amides is 2. The minimum absolute atomic E-state index is 0.0932. The Morgan fingerprint density at radius 1 is 1.04 bits per heavy atom. The number of piperidine rings is 1. The summed E-state index contributed by atoms with van der Waals surface area (Å²) < 4.78 is 5.50. The van der Waals surface area contributed by atoms with E-state index in [2.05, 4.69) is 10.1 Å². The molecule has 0 saturated carbocycles. The zero-order valence-corrected chi connectivity index (χ0v) is 13.7. The lowest BCUT2D eigenvalue weighted by atomic mass is 10.1. The summed E-state index contributed by atoms with van der Waals surface area (Å²) in [6.07, 6.45) is 5.28. The Bertz CT molecular complexity index is 694. The molecular weight excluding hydrogens is 304 g/mol. The summed E-state index contributed by atoms with van der Waals surface area (Å²) in [6, 6.07) is 9.81. The van der Waals surface area contributed by atoms with Gasteiger partial charge in [-0.15, -0.1) is 0 Å². The molecule has 1 aromatic heterocycles. The highest BCUT2D eigenvalue weighted by molar-refractivity contribution is 5.75. The molecule has 2 aromatic rings. The number of aromatic nitrogens is 2. The standard InChI is InChI=1S/C18H22N4O2/c23-18(21-11-5-2-6-12-21)22-13-7-10-15(22)17-19-16(20-24-17)14-8-3-1-4-9-14/h1,3-4,8-9,15H,2,5-7,10-13H2/t15-/m0/s1. The van der Waals surface area contributed by atoms with Gasteiger partial charge in [-0.2, -0.15) is 4.98 Å². The zero-order chi connectivity index (χ0) is 16.4. The van der Waals surface area contributed by atoms with Gasteiger partial charge in [0.15, 0.2) is 0 Å². The first kappa shape index (κ1) is 15.2. The van der Waals surface area contributed by atoms with Gasteiger partial charge >= 0.3 is 6.03 Å². The fraction of sp³-hybridized carbons (Fsp3) is 0.500. The number of likely N-dealkylation sites (tertiary alicyclic amines) is 2. The Labute approximate surface area is 141 Å². The van der Waals surface area contributed by atoms with Gasteiger partial charge in [-0.25, -0.2) is 4.79 Å². The number of hydrogen-bond acceptors (Lipinski definition) is 4. The van der Waals surface area contributed by atoms with E-state index < -0.39 is 0 Å². The zero-order valence-electron chi connectivity index (χ0n) is 13.7. The monoisotopic (exact) mass is 326 g/mol. The summed E-state index contributed by atoms with van der Waals surface area (Å²) in [5, 5.41) is 4.10. The number of carbonyl (C=O) groups excluding carboxylic acids is 1. The van der Waals surface area contributed by atoms with Crippen LogP contribution < -0.4 is 0 Å². The minimum atomic E-state index is -0.0932. The summed E-state index contributed by atoms with van der Waals surface area (Å²) >= 11 is 0. The highest BCUT2D eigenvalue weighted by Gasteiger charge is 2.36. The molecule has 2 amide bonds. The molecule has 2 fully saturated rings. The summed E-state index contributed by atoms with van der Waals surface area (Å²) in [6.45, 7) is 2.49. The first-order chi connectivity index (χ1) is 11.8. The van der Waals surface area contributed by atoms with Crippen molar-refractivity contribution in [3.05, 3.63) is 36.2 Å². The van der Waals surface area contributed by atoms with Crippen LogP contribution in [0.5, 0.6) is 0 Å². The molecule has 1 atom stereocenters. The van der Waals surface area contributed by atoms with Crippen LogP contribution in [0.4, 0.5) is 4.79 Å². The topological polar surface area (TPSA) is 62.5 Å². The van der Waals surface area contributed by atoms with Gasteiger partial charge in [0.25, 0.3) is 0 Å². The Kier molecular flexibility index (Phi) is 4.19. The smallest absolute Gasteiger partial charge is 0.320 e. The van der Waals surface area contributed by atoms with Crippen LogP contribution in [0.3, 0.4) is 0 Å². The van der Waals surface area contributed by atoms with Crippen LogP contribution in [0, 0.1) is 0 Å². The third-order valence-electron chi connectivity index (χ3n) is 4.88. The van der Waals surface area contributed by atoms with E-state index in [0.717, 1.165) is 50.9 Å². The molecular formula is C18H22N4O2. The predicted molar refractivity (Wildman–Crippen MR) is 89.2 cm³/mol. The molecule has 0 spiro atoms. The molecule has 24 heavy (non-hydrogen) atoms. The van der Waals surface area contributed by atoms with E-state index in [-0.39, 0.29) is 12.1 Å². The molecule has 3 heterocycles. The normalized spacial score (nSPS) is 21.2. The number of rotatable bonds is 2. The number of urea groups is 1. The number of nitrogens with zero attached hydrogens (tertiary/aromatic N) is 4. The molecule has 4 rings (SSSR count). The second-order valence-corrected chi connectivity index (χ2v) is 6.50. The number of benzene rings is 1. The molecule has 2 aliphatic rings. The SMILES string of the molecule is O=C(N1CCCCC1)N1CCC[C@H]1c1nc(-c2ccccc2)no1. The van der Waals surface area contributed by atoms with Gasteiger partial charge in [0.2, 0.25) is 11.7 Å². The first-order valence-electron chi connectivity index (χ1n) is 8.77. The maximum Gasteiger partial charge on any atom is 0.320 e. The van der Waals surface area contributed by atoms with Crippen molar-refractivity contribution < 1.29 is 9.32 Å². The van der Waals surface area contributed by atoms with Crippen molar-refractivity contribution in [2.45, 2.75) is 38.1 Å². The summed E-state index contributed by atoms with van der Waals surface area (Å²) in [5.74, 6) is 1.14. The predicted octanol–water partition coefficient (Wildman–Crippen LogP) is 3.48. The summed E-state index contributed by atoms with van der Waals surface area (Å²) in [7, 11) is 0. The average molecular weight is 326 g/mol. The van der Waals surface area contributed by atoms with Crippen LogP contribution in [0.2, 0.25) is 0 Å². The van der Waals surface area contributed by atoms with Gasteiger partial charge < -0.3 is 14.3 Å². The Morgan fingerprint density at radius 2 is 1.83 bits per heavy atom. The molecule has 0 unspecified atom stereocenters. The first-order valence-corrected chi connectivity index (χ1v) is 8.77. The fourth-order valence-corrected chi connectivity index (χ4v) is 3.59. The van der Waals surface area contributed by atoms with Crippen molar-refractivity contribution in [3.8, 4) is 11.4 Å². The third kappa shape index (κ3) is 2.88. The molecule has 0 bridgehead atoms. The second-order valence-electron chi connectivity index (χ2n) is 6.50. The van der Waals surface area contributed by atoms with Gasteiger partial charge in [0, 0.05) is 25.2 Å². The average Bonchev–Trinajstić information content (AvgIpc) is 3.32. The molecule has 2 aliphatic heterocycles. The van der Waals surface area contributed by atoms with Crippen LogP contribution in [0.25, 0.3) is 11.4 Å². The van der Waals surface area contributed by atoms with E-state index in [0.29, 0.717) is 11.7 Å². The third-order valence-corrected chi connectivity index (χ3v) is 4.88. The summed E-state index contributed by atoms with van der Waals surface area (Å²) in [5.41, 5.74) is 0.930. The van der Waals surface area contributed by atoms with Crippen LogP contribution in [-0.2, 0) is 0 Å². The molecule has 0 aliphatic carbocycles. The van der Waals surface area contributed by atoms with Crippen LogP contribution in [0.15, 0.2) is 34.9 Å². The van der Waals surface area contributed by atoms with Crippen molar-refractivity contribution in [1.82, 2.24) is 19.9 Å². The van der Waals surface area contributed by atoms with Crippen molar-refractivity contribution in [2.24, 2.45) is 0 Å². The molecule has 2 saturated heterocycles. The van der Waals surface area contributed by atoms with Crippen molar-refractivity contribution in [2.75, 3.05) is 19.6 Å². The van der Waals surface area contributed by atoms with E-state index in [1.807, 2.05) is 40.1 Å². The van der Waals surface area contributed by atoms with Crippen molar-refractivity contribution >= 4 is 6.03 Å².